The minimum absolute atomic E-state index is 1.13. The van der Waals surface area contributed by atoms with Crippen LogP contribution >= 0.6 is 0 Å². The first-order valence-corrected chi connectivity index (χ1v) is 19.3. The van der Waals surface area contributed by atoms with E-state index in [0.717, 1.165) is 5.69 Å². The SMILES string of the molecule is c1ccc(-c2ccc(-n3c(-c4ccc5ccccc5c4)cc4ccc(-c5ccc6cc(-c7ccccc7)n(-c7cccc8ccccc78)c6c5)cc43)cc2)cc1. The maximum absolute atomic E-state index is 2.45. The van der Waals surface area contributed by atoms with E-state index in [9.17, 15) is 0 Å². The molecule has 2 heteroatoms. The molecule has 0 unspecified atom stereocenters. The van der Waals surface area contributed by atoms with Crippen molar-refractivity contribution in [1.29, 1.82) is 0 Å². The van der Waals surface area contributed by atoms with Gasteiger partial charge in [0.15, 0.2) is 0 Å². The molecule has 0 bridgehead atoms. The van der Waals surface area contributed by atoms with E-state index in [1.165, 1.54) is 93.8 Å². The summed E-state index contributed by atoms with van der Waals surface area (Å²) >= 11 is 0. The topological polar surface area (TPSA) is 9.86 Å². The van der Waals surface area contributed by atoms with Crippen molar-refractivity contribution < 1.29 is 0 Å². The first-order valence-electron chi connectivity index (χ1n) is 19.3. The van der Waals surface area contributed by atoms with Gasteiger partial charge in [0.25, 0.3) is 0 Å². The molecule has 0 aliphatic heterocycles. The lowest BCUT2D eigenvalue weighted by molar-refractivity contribution is 1.14. The Bertz CT molecular complexity index is 3220. The van der Waals surface area contributed by atoms with Gasteiger partial charge in [0.2, 0.25) is 0 Å². The van der Waals surface area contributed by atoms with Gasteiger partial charge in [0, 0.05) is 21.8 Å². The quantitative estimate of drug-likeness (QED) is 0.162. The van der Waals surface area contributed by atoms with E-state index < -0.39 is 0 Å². The Hall–Kier alpha value is -7.42. The van der Waals surface area contributed by atoms with Gasteiger partial charge in [-0.2, -0.15) is 0 Å². The Morgan fingerprint density at radius 2 is 0.750 bits per heavy atom. The van der Waals surface area contributed by atoms with Crippen molar-refractivity contribution in [3.63, 3.8) is 0 Å². The van der Waals surface area contributed by atoms with Crippen LogP contribution < -0.4 is 0 Å². The van der Waals surface area contributed by atoms with Crippen LogP contribution in [-0.2, 0) is 0 Å². The van der Waals surface area contributed by atoms with Crippen molar-refractivity contribution in [2.45, 2.75) is 0 Å². The molecule has 9 aromatic carbocycles. The molecule has 2 aromatic heterocycles. The zero-order valence-electron chi connectivity index (χ0n) is 30.7. The van der Waals surface area contributed by atoms with Crippen LogP contribution in [0.5, 0.6) is 0 Å². The largest absolute Gasteiger partial charge is 0.309 e. The smallest absolute Gasteiger partial charge is 0.0541 e. The summed E-state index contributed by atoms with van der Waals surface area (Å²) < 4.78 is 4.88. The molecular formula is C54H36N2. The van der Waals surface area contributed by atoms with Crippen LogP contribution in [0.25, 0.3) is 99.5 Å². The van der Waals surface area contributed by atoms with Gasteiger partial charge in [-0.15, -0.1) is 0 Å². The molecule has 0 radical (unpaired) electrons. The van der Waals surface area contributed by atoms with Gasteiger partial charge in [-0.25, -0.2) is 0 Å². The highest BCUT2D eigenvalue weighted by molar-refractivity contribution is 5.99. The minimum atomic E-state index is 1.13. The Kier molecular flexibility index (Phi) is 7.53. The van der Waals surface area contributed by atoms with E-state index in [2.05, 4.69) is 228 Å². The third-order valence-electron chi connectivity index (χ3n) is 11.3. The summed E-state index contributed by atoms with van der Waals surface area (Å²) in [6.45, 7) is 0. The zero-order chi connectivity index (χ0) is 37.0. The Labute approximate surface area is 325 Å². The van der Waals surface area contributed by atoms with Crippen LogP contribution in [0.2, 0.25) is 0 Å². The van der Waals surface area contributed by atoms with Crippen molar-refractivity contribution in [2.75, 3.05) is 0 Å². The number of rotatable bonds is 6. The second-order valence-corrected chi connectivity index (χ2v) is 14.6. The number of hydrogen-bond acceptors (Lipinski definition) is 0. The molecule has 262 valence electrons. The average molecular weight is 713 g/mol. The van der Waals surface area contributed by atoms with Gasteiger partial charge in [-0.3, -0.25) is 0 Å². The van der Waals surface area contributed by atoms with E-state index in [0.29, 0.717) is 0 Å². The molecule has 0 saturated heterocycles. The molecule has 0 N–H and O–H groups in total. The van der Waals surface area contributed by atoms with Crippen LogP contribution in [-0.4, -0.2) is 9.13 Å². The number of nitrogens with zero attached hydrogens (tertiary/aromatic N) is 2. The maximum atomic E-state index is 2.45. The summed E-state index contributed by atoms with van der Waals surface area (Å²) in [6.07, 6.45) is 0. The molecule has 11 rings (SSSR count). The van der Waals surface area contributed by atoms with Crippen LogP contribution in [0, 0.1) is 0 Å². The van der Waals surface area contributed by atoms with Crippen LogP contribution in [0.15, 0.2) is 218 Å². The van der Waals surface area contributed by atoms with Crippen molar-refractivity contribution >= 4 is 43.4 Å². The number of fused-ring (bicyclic) bond motifs is 4. The van der Waals surface area contributed by atoms with Gasteiger partial charge in [0.05, 0.1) is 28.1 Å². The Balaban J connectivity index is 1.11. The summed E-state index contributed by atoms with van der Waals surface area (Å²) in [7, 11) is 0. The summed E-state index contributed by atoms with van der Waals surface area (Å²) in [5, 5.41) is 7.35. The van der Waals surface area contributed by atoms with E-state index >= 15 is 0 Å². The molecule has 0 aliphatic carbocycles. The fraction of sp³-hybridized carbons (Fsp3) is 0. The summed E-state index contributed by atoms with van der Waals surface area (Å²) in [4.78, 5) is 0. The second kappa shape index (κ2) is 13.2. The molecule has 2 heterocycles. The summed E-state index contributed by atoms with van der Waals surface area (Å²) in [6, 6.07) is 79.6. The van der Waals surface area contributed by atoms with Crippen molar-refractivity contribution in [2.24, 2.45) is 0 Å². The molecule has 56 heavy (non-hydrogen) atoms. The van der Waals surface area contributed by atoms with E-state index in [1.54, 1.807) is 0 Å². The van der Waals surface area contributed by atoms with Crippen molar-refractivity contribution in [3.05, 3.63) is 218 Å². The van der Waals surface area contributed by atoms with Crippen molar-refractivity contribution in [1.82, 2.24) is 9.13 Å². The predicted molar refractivity (Wildman–Crippen MR) is 237 cm³/mol. The monoisotopic (exact) mass is 712 g/mol. The Morgan fingerprint density at radius 3 is 1.46 bits per heavy atom. The van der Waals surface area contributed by atoms with Crippen LogP contribution in [0.3, 0.4) is 0 Å². The average Bonchev–Trinajstić information content (AvgIpc) is 3.85. The fourth-order valence-electron chi connectivity index (χ4n) is 8.52. The maximum Gasteiger partial charge on any atom is 0.0541 e. The summed E-state index contributed by atoms with van der Waals surface area (Å²) in [5.74, 6) is 0. The lowest BCUT2D eigenvalue weighted by Gasteiger charge is -2.15. The third kappa shape index (κ3) is 5.42. The van der Waals surface area contributed by atoms with E-state index in [-0.39, 0.29) is 0 Å². The Morgan fingerprint density at radius 1 is 0.250 bits per heavy atom. The minimum Gasteiger partial charge on any atom is -0.309 e. The van der Waals surface area contributed by atoms with E-state index in [4.69, 9.17) is 0 Å². The number of benzene rings is 9. The highest BCUT2D eigenvalue weighted by Crippen LogP contribution is 2.39. The van der Waals surface area contributed by atoms with E-state index in [1.807, 2.05) is 0 Å². The highest BCUT2D eigenvalue weighted by Gasteiger charge is 2.18. The molecule has 0 spiro atoms. The molecular weight excluding hydrogens is 677 g/mol. The van der Waals surface area contributed by atoms with Gasteiger partial charge in [-0.1, -0.05) is 170 Å². The van der Waals surface area contributed by atoms with Gasteiger partial charge < -0.3 is 9.13 Å². The molecule has 0 aliphatic rings. The molecule has 0 saturated carbocycles. The molecule has 0 atom stereocenters. The first-order chi connectivity index (χ1) is 27.7. The van der Waals surface area contributed by atoms with Crippen LogP contribution in [0.1, 0.15) is 0 Å². The lowest BCUT2D eigenvalue weighted by atomic mass is 10.0. The standard InChI is InChI=1S/C54H36N2/c1-3-12-37(13-4-1)39-28-30-48(31-29-39)55-52-33-43(23-26-46(52)36-53(55)45-25-22-38-14-7-8-18-42(38)32-45)44-24-27-47-35-51(41-16-5-2-6-17-41)56(54(47)34-44)50-21-11-19-40-15-9-10-20-49(40)50/h1-36H. The molecule has 0 amide bonds. The first kappa shape index (κ1) is 32.0. The van der Waals surface area contributed by atoms with Gasteiger partial charge in [-0.05, 0) is 98.1 Å². The lowest BCUT2D eigenvalue weighted by Crippen LogP contribution is -1.98. The number of hydrogen-bond donors (Lipinski definition) is 0. The second-order valence-electron chi connectivity index (χ2n) is 14.6. The number of aromatic nitrogens is 2. The molecule has 2 nitrogen and oxygen atoms in total. The highest BCUT2D eigenvalue weighted by atomic mass is 15.0. The third-order valence-corrected chi connectivity index (χ3v) is 11.3. The molecule has 0 fully saturated rings. The summed E-state index contributed by atoms with van der Waals surface area (Å²) in [5.41, 5.74) is 14.2. The fourth-order valence-corrected chi connectivity index (χ4v) is 8.52. The van der Waals surface area contributed by atoms with Crippen LogP contribution in [0.4, 0.5) is 0 Å². The predicted octanol–water partition coefficient (Wildman–Crippen LogP) is 14.5. The normalized spacial score (nSPS) is 11.6. The van der Waals surface area contributed by atoms with Gasteiger partial charge >= 0.3 is 0 Å². The zero-order valence-corrected chi connectivity index (χ0v) is 30.7. The van der Waals surface area contributed by atoms with Crippen molar-refractivity contribution in [3.8, 4) is 56.1 Å². The molecule has 11 aromatic rings. The van der Waals surface area contributed by atoms with Gasteiger partial charge in [0.1, 0.15) is 0 Å².